The van der Waals surface area contributed by atoms with Crippen molar-refractivity contribution in [2.24, 2.45) is 5.92 Å². The lowest BCUT2D eigenvalue weighted by atomic mass is 10.2. The Morgan fingerprint density at radius 1 is 1.41 bits per heavy atom. The lowest BCUT2D eigenvalue weighted by Gasteiger charge is -2.10. The third-order valence-electron chi connectivity index (χ3n) is 2.89. The van der Waals surface area contributed by atoms with E-state index < -0.39 is 5.97 Å². The molecule has 1 saturated carbocycles. The summed E-state index contributed by atoms with van der Waals surface area (Å²) < 4.78 is 10.7. The van der Waals surface area contributed by atoms with Gasteiger partial charge in [0, 0.05) is 0 Å². The summed E-state index contributed by atoms with van der Waals surface area (Å²) in [7, 11) is 1.51. The Morgan fingerprint density at radius 3 is 2.76 bits per heavy atom. The highest BCUT2D eigenvalue weighted by molar-refractivity contribution is 5.88. The average molecular weight is 236 g/mol. The number of ether oxygens (including phenoxy) is 2. The van der Waals surface area contributed by atoms with E-state index in [-0.39, 0.29) is 5.56 Å². The second-order valence-electron chi connectivity index (χ2n) is 4.25. The van der Waals surface area contributed by atoms with Gasteiger partial charge in [0.25, 0.3) is 0 Å². The van der Waals surface area contributed by atoms with Crippen LogP contribution in [-0.4, -0.2) is 24.8 Å². The molecular formula is C13H16O4. The molecule has 0 bridgehead atoms. The molecule has 2 rings (SSSR count). The first-order chi connectivity index (χ1) is 8.20. The highest BCUT2D eigenvalue weighted by Crippen LogP contribution is 2.33. The van der Waals surface area contributed by atoms with Crippen LogP contribution in [0.2, 0.25) is 0 Å². The zero-order chi connectivity index (χ0) is 12.3. The minimum absolute atomic E-state index is 0.205. The third kappa shape index (κ3) is 3.12. The number of benzene rings is 1. The van der Waals surface area contributed by atoms with Crippen LogP contribution in [0.1, 0.15) is 29.6 Å². The van der Waals surface area contributed by atoms with E-state index in [1.807, 2.05) is 0 Å². The van der Waals surface area contributed by atoms with Gasteiger partial charge in [-0.15, -0.1) is 0 Å². The first-order valence-electron chi connectivity index (χ1n) is 5.75. The number of rotatable bonds is 6. The molecule has 1 N–H and O–H groups in total. The summed E-state index contributed by atoms with van der Waals surface area (Å²) in [4.78, 5) is 10.8. The lowest BCUT2D eigenvalue weighted by molar-refractivity contribution is 0.0696. The van der Waals surface area contributed by atoms with Crippen LogP contribution in [0.4, 0.5) is 0 Å². The smallest absolute Gasteiger partial charge is 0.335 e. The van der Waals surface area contributed by atoms with Crippen molar-refractivity contribution in [2.45, 2.75) is 19.3 Å². The molecule has 0 amide bonds. The summed E-state index contributed by atoms with van der Waals surface area (Å²) in [6, 6.07) is 4.65. The zero-order valence-electron chi connectivity index (χ0n) is 9.81. The molecule has 4 heteroatoms. The Morgan fingerprint density at radius 2 is 2.18 bits per heavy atom. The summed E-state index contributed by atoms with van der Waals surface area (Å²) >= 11 is 0. The van der Waals surface area contributed by atoms with Gasteiger partial charge in [-0.2, -0.15) is 0 Å². The number of methoxy groups -OCH3 is 1. The van der Waals surface area contributed by atoms with Gasteiger partial charge in [0.15, 0.2) is 11.5 Å². The summed E-state index contributed by atoms with van der Waals surface area (Å²) in [5.41, 5.74) is 0.205. The molecular weight excluding hydrogens is 220 g/mol. The van der Waals surface area contributed by atoms with Crippen molar-refractivity contribution in [3.8, 4) is 11.5 Å². The van der Waals surface area contributed by atoms with Crippen LogP contribution in [0.5, 0.6) is 11.5 Å². The molecule has 0 heterocycles. The fourth-order valence-electron chi connectivity index (χ4n) is 1.66. The second kappa shape index (κ2) is 5.08. The van der Waals surface area contributed by atoms with Gasteiger partial charge >= 0.3 is 5.97 Å². The van der Waals surface area contributed by atoms with E-state index in [2.05, 4.69) is 0 Å². The SMILES string of the molecule is COc1cc(C(=O)O)ccc1OCCC1CC1. The van der Waals surface area contributed by atoms with Gasteiger partial charge in [0.05, 0.1) is 19.3 Å². The molecule has 1 aliphatic rings. The van der Waals surface area contributed by atoms with Gasteiger partial charge in [0.1, 0.15) is 0 Å². The van der Waals surface area contributed by atoms with Gasteiger partial charge in [-0.05, 0) is 30.5 Å². The Kier molecular flexibility index (Phi) is 3.52. The monoisotopic (exact) mass is 236 g/mol. The van der Waals surface area contributed by atoms with Crippen LogP contribution in [0.25, 0.3) is 0 Å². The maximum Gasteiger partial charge on any atom is 0.335 e. The Labute approximate surface area is 100 Å². The molecule has 1 aromatic rings. The van der Waals surface area contributed by atoms with Gasteiger partial charge in [-0.25, -0.2) is 4.79 Å². The third-order valence-corrected chi connectivity index (χ3v) is 2.89. The van der Waals surface area contributed by atoms with Crippen molar-refractivity contribution in [1.29, 1.82) is 0 Å². The van der Waals surface area contributed by atoms with Crippen LogP contribution < -0.4 is 9.47 Å². The molecule has 0 spiro atoms. The molecule has 0 aliphatic heterocycles. The Hall–Kier alpha value is -1.71. The van der Waals surface area contributed by atoms with Crippen LogP contribution in [-0.2, 0) is 0 Å². The molecule has 4 nitrogen and oxygen atoms in total. The lowest BCUT2D eigenvalue weighted by Crippen LogP contribution is -2.02. The summed E-state index contributed by atoms with van der Waals surface area (Å²) in [6.45, 7) is 0.660. The van der Waals surface area contributed by atoms with Crippen molar-refractivity contribution in [1.82, 2.24) is 0 Å². The number of hydrogen-bond acceptors (Lipinski definition) is 3. The van der Waals surface area contributed by atoms with Crippen molar-refractivity contribution in [2.75, 3.05) is 13.7 Å². The maximum absolute atomic E-state index is 10.8. The van der Waals surface area contributed by atoms with Crippen molar-refractivity contribution < 1.29 is 19.4 Å². The predicted molar refractivity (Wildman–Crippen MR) is 62.8 cm³/mol. The molecule has 17 heavy (non-hydrogen) atoms. The fraction of sp³-hybridized carbons (Fsp3) is 0.462. The molecule has 1 aliphatic carbocycles. The number of carbonyl (C=O) groups is 1. The van der Waals surface area contributed by atoms with E-state index in [9.17, 15) is 4.79 Å². The molecule has 0 aromatic heterocycles. The molecule has 0 saturated heterocycles. The normalized spacial score (nSPS) is 14.4. The van der Waals surface area contributed by atoms with Gasteiger partial charge in [-0.1, -0.05) is 12.8 Å². The summed E-state index contributed by atoms with van der Waals surface area (Å²) in [5, 5.41) is 8.86. The molecule has 1 aromatic carbocycles. The first kappa shape index (κ1) is 11.8. The number of aromatic carboxylic acids is 1. The van der Waals surface area contributed by atoms with Gasteiger partial charge < -0.3 is 14.6 Å². The van der Waals surface area contributed by atoms with Gasteiger partial charge in [-0.3, -0.25) is 0 Å². The average Bonchev–Trinajstić information content (AvgIpc) is 3.13. The largest absolute Gasteiger partial charge is 0.493 e. The van der Waals surface area contributed by atoms with Crippen LogP contribution in [0.3, 0.4) is 0 Å². The quantitative estimate of drug-likeness (QED) is 0.824. The van der Waals surface area contributed by atoms with Crippen molar-refractivity contribution in [3.63, 3.8) is 0 Å². The molecule has 92 valence electrons. The zero-order valence-corrected chi connectivity index (χ0v) is 9.81. The topological polar surface area (TPSA) is 55.8 Å². The van der Waals surface area contributed by atoms with Crippen molar-refractivity contribution >= 4 is 5.97 Å². The van der Waals surface area contributed by atoms with E-state index in [0.29, 0.717) is 18.1 Å². The maximum atomic E-state index is 10.8. The molecule has 0 unspecified atom stereocenters. The highest BCUT2D eigenvalue weighted by Gasteiger charge is 2.21. The van der Waals surface area contributed by atoms with E-state index in [0.717, 1.165) is 12.3 Å². The number of hydrogen-bond donors (Lipinski definition) is 1. The van der Waals surface area contributed by atoms with Gasteiger partial charge in [0.2, 0.25) is 0 Å². The Balaban J connectivity index is 2.01. The molecule has 1 fully saturated rings. The molecule has 0 radical (unpaired) electrons. The summed E-state index contributed by atoms with van der Waals surface area (Å²) in [6.07, 6.45) is 3.67. The van der Waals surface area contributed by atoms with E-state index in [1.165, 1.54) is 32.1 Å². The second-order valence-corrected chi connectivity index (χ2v) is 4.25. The minimum atomic E-state index is -0.965. The summed E-state index contributed by atoms with van der Waals surface area (Å²) in [5.74, 6) is 0.936. The number of carboxylic acid groups (broad SMARTS) is 1. The Bertz CT molecular complexity index is 410. The van der Waals surface area contributed by atoms with Crippen LogP contribution >= 0.6 is 0 Å². The first-order valence-corrected chi connectivity index (χ1v) is 5.75. The van der Waals surface area contributed by atoms with Crippen LogP contribution in [0, 0.1) is 5.92 Å². The molecule has 0 atom stereocenters. The van der Waals surface area contributed by atoms with Crippen LogP contribution in [0.15, 0.2) is 18.2 Å². The highest BCUT2D eigenvalue weighted by atomic mass is 16.5. The fourth-order valence-corrected chi connectivity index (χ4v) is 1.66. The van der Waals surface area contributed by atoms with E-state index in [1.54, 1.807) is 6.07 Å². The van der Waals surface area contributed by atoms with Crippen molar-refractivity contribution in [3.05, 3.63) is 23.8 Å². The van der Waals surface area contributed by atoms with E-state index in [4.69, 9.17) is 14.6 Å². The standard InChI is InChI=1S/C13H16O4/c1-16-12-8-10(13(14)15)4-5-11(12)17-7-6-9-2-3-9/h4-5,8-9H,2-3,6-7H2,1H3,(H,14,15). The van der Waals surface area contributed by atoms with E-state index >= 15 is 0 Å². The minimum Gasteiger partial charge on any atom is -0.493 e. The predicted octanol–water partition coefficient (Wildman–Crippen LogP) is 2.57. The number of carboxylic acids is 1.